The molecule has 0 saturated heterocycles. The van der Waals surface area contributed by atoms with Crippen LogP contribution in [0, 0.1) is 0 Å². The molecule has 0 aromatic heterocycles. The van der Waals surface area contributed by atoms with E-state index >= 15 is 0 Å². The summed E-state index contributed by atoms with van der Waals surface area (Å²) in [4.78, 5) is -0.0513. The molecule has 0 aliphatic heterocycles. The lowest BCUT2D eigenvalue weighted by atomic mass is 10.3. The third kappa shape index (κ3) is 1.97. The van der Waals surface area contributed by atoms with E-state index in [9.17, 15) is 13.5 Å². The summed E-state index contributed by atoms with van der Waals surface area (Å²) in [6.45, 7) is 0. The molecule has 0 heterocycles. The highest BCUT2D eigenvalue weighted by molar-refractivity contribution is 7.91. The number of aromatic hydroxyl groups is 1. The average molecular weight is 249 g/mol. The van der Waals surface area contributed by atoms with Gasteiger partial charge in [-0.1, -0.05) is 24.3 Å². The van der Waals surface area contributed by atoms with E-state index in [1.54, 1.807) is 18.2 Å². The van der Waals surface area contributed by atoms with Crippen molar-refractivity contribution in [3.63, 3.8) is 0 Å². The summed E-state index contributed by atoms with van der Waals surface area (Å²) in [6.07, 6.45) is 0. The summed E-state index contributed by atoms with van der Waals surface area (Å²) in [6, 6.07) is 12.2. The molecule has 2 aromatic rings. The van der Waals surface area contributed by atoms with Crippen LogP contribution >= 0.6 is 0 Å². The van der Waals surface area contributed by atoms with Gasteiger partial charge in [0.1, 0.15) is 4.90 Å². The normalized spacial score (nSPS) is 11.3. The van der Waals surface area contributed by atoms with Crippen LogP contribution in [0.5, 0.6) is 5.75 Å². The van der Waals surface area contributed by atoms with Crippen LogP contribution in [0.15, 0.2) is 58.3 Å². The van der Waals surface area contributed by atoms with Crippen molar-refractivity contribution in [1.82, 2.24) is 0 Å². The van der Waals surface area contributed by atoms with Crippen LogP contribution in [0.1, 0.15) is 0 Å². The molecule has 0 amide bonds. The number of phenolic OH excluding ortho intramolecular Hbond substituents is 1. The first kappa shape index (κ1) is 11.5. The molecule has 2 rings (SSSR count). The maximum Gasteiger partial charge on any atom is 0.210 e. The lowest BCUT2D eigenvalue weighted by molar-refractivity contribution is 0.461. The van der Waals surface area contributed by atoms with E-state index in [0.29, 0.717) is 0 Å². The number of sulfone groups is 1. The number of phenols is 1. The van der Waals surface area contributed by atoms with Crippen molar-refractivity contribution in [3.8, 4) is 5.75 Å². The fraction of sp³-hybridized carbons (Fsp3) is 0. The van der Waals surface area contributed by atoms with Crippen LogP contribution in [-0.2, 0) is 9.84 Å². The number of para-hydroxylation sites is 1. The van der Waals surface area contributed by atoms with Crippen LogP contribution in [-0.4, -0.2) is 13.5 Å². The van der Waals surface area contributed by atoms with Gasteiger partial charge in [-0.05, 0) is 24.3 Å². The van der Waals surface area contributed by atoms with Gasteiger partial charge in [0.25, 0.3) is 0 Å². The molecule has 0 fully saturated rings. The zero-order valence-corrected chi connectivity index (χ0v) is 9.68. The Morgan fingerprint density at radius 2 is 1.59 bits per heavy atom. The molecule has 17 heavy (non-hydrogen) atoms. The molecule has 0 bridgehead atoms. The van der Waals surface area contributed by atoms with Gasteiger partial charge in [0.05, 0.1) is 10.6 Å². The maximum absolute atomic E-state index is 12.2. The smallest absolute Gasteiger partial charge is 0.210 e. The lowest BCUT2D eigenvalue weighted by Gasteiger charge is -2.07. The Kier molecular flexibility index (Phi) is 2.77. The highest BCUT2D eigenvalue weighted by Crippen LogP contribution is 2.32. The van der Waals surface area contributed by atoms with Crippen molar-refractivity contribution in [2.75, 3.05) is 5.73 Å². The largest absolute Gasteiger partial charge is 0.504 e. The molecular weight excluding hydrogens is 238 g/mol. The number of hydrogen-bond acceptors (Lipinski definition) is 4. The Labute approximate surface area is 99.2 Å². The molecule has 5 heteroatoms. The second-order valence-corrected chi connectivity index (χ2v) is 5.43. The van der Waals surface area contributed by atoms with Gasteiger partial charge < -0.3 is 10.8 Å². The molecule has 0 radical (unpaired) electrons. The van der Waals surface area contributed by atoms with Crippen molar-refractivity contribution >= 4 is 15.5 Å². The van der Waals surface area contributed by atoms with Crippen molar-refractivity contribution in [1.29, 1.82) is 0 Å². The summed E-state index contributed by atoms with van der Waals surface area (Å²) in [5.41, 5.74) is 5.52. The fourth-order valence-electron chi connectivity index (χ4n) is 1.48. The minimum Gasteiger partial charge on any atom is -0.504 e. The van der Waals surface area contributed by atoms with Gasteiger partial charge in [0.2, 0.25) is 9.84 Å². The quantitative estimate of drug-likeness (QED) is 0.628. The molecule has 3 N–H and O–H groups in total. The topological polar surface area (TPSA) is 80.4 Å². The van der Waals surface area contributed by atoms with Crippen LogP contribution in [0.4, 0.5) is 5.69 Å². The van der Waals surface area contributed by atoms with Gasteiger partial charge in [-0.15, -0.1) is 0 Å². The van der Waals surface area contributed by atoms with E-state index in [1.807, 2.05) is 0 Å². The molecule has 0 atom stereocenters. The Morgan fingerprint density at radius 3 is 2.24 bits per heavy atom. The molecule has 0 aliphatic carbocycles. The molecular formula is C12H11NO3S. The summed E-state index contributed by atoms with van der Waals surface area (Å²) < 4.78 is 24.4. The highest BCUT2D eigenvalue weighted by atomic mass is 32.2. The number of hydrogen-bond donors (Lipinski definition) is 2. The summed E-state index contributed by atoms with van der Waals surface area (Å²) in [5, 5.41) is 9.69. The van der Waals surface area contributed by atoms with Crippen LogP contribution in [0.3, 0.4) is 0 Å². The second kappa shape index (κ2) is 4.10. The zero-order chi connectivity index (χ0) is 12.5. The van der Waals surface area contributed by atoms with E-state index in [0.717, 1.165) is 0 Å². The SMILES string of the molecule is Nc1cccc(S(=O)(=O)c2ccccc2)c1O. The van der Waals surface area contributed by atoms with E-state index in [2.05, 4.69) is 0 Å². The van der Waals surface area contributed by atoms with E-state index in [1.165, 1.54) is 30.3 Å². The molecule has 2 aromatic carbocycles. The third-order valence-corrected chi connectivity index (χ3v) is 4.17. The molecule has 0 saturated carbocycles. The number of anilines is 1. The Balaban J connectivity index is 2.65. The van der Waals surface area contributed by atoms with Gasteiger partial charge in [-0.3, -0.25) is 0 Å². The average Bonchev–Trinajstić information content (AvgIpc) is 2.33. The standard InChI is InChI=1S/C12H11NO3S/c13-10-7-4-8-11(12(10)14)17(15,16)9-5-2-1-3-6-9/h1-8,14H,13H2. The summed E-state index contributed by atoms with van der Waals surface area (Å²) in [5.74, 6) is -0.406. The number of rotatable bonds is 2. The number of nitrogens with two attached hydrogens (primary N) is 1. The molecule has 0 aliphatic rings. The maximum atomic E-state index is 12.2. The molecule has 0 spiro atoms. The molecule has 4 nitrogen and oxygen atoms in total. The van der Waals surface area contributed by atoms with Crippen LogP contribution in [0.2, 0.25) is 0 Å². The lowest BCUT2D eigenvalue weighted by Crippen LogP contribution is -2.03. The zero-order valence-electron chi connectivity index (χ0n) is 8.87. The molecule has 88 valence electrons. The first-order chi connectivity index (χ1) is 8.03. The van der Waals surface area contributed by atoms with Crippen molar-refractivity contribution in [2.24, 2.45) is 0 Å². The van der Waals surface area contributed by atoms with Crippen LogP contribution in [0.25, 0.3) is 0 Å². The minimum absolute atomic E-state index is 0.0435. The van der Waals surface area contributed by atoms with Gasteiger partial charge >= 0.3 is 0 Å². The Bertz CT molecular complexity index is 636. The predicted molar refractivity (Wildman–Crippen MR) is 64.4 cm³/mol. The van der Waals surface area contributed by atoms with E-state index < -0.39 is 15.6 Å². The van der Waals surface area contributed by atoms with Gasteiger partial charge in [0, 0.05) is 0 Å². The monoisotopic (exact) mass is 249 g/mol. The van der Waals surface area contributed by atoms with Crippen molar-refractivity contribution in [2.45, 2.75) is 9.79 Å². The van der Waals surface area contributed by atoms with Gasteiger partial charge in [-0.2, -0.15) is 0 Å². The number of nitrogen functional groups attached to an aromatic ring is 1. The minimum atomic E-state index is -3.72. The predicted octanol–water partition coefficient (Wildman–Crippen LogP) is 1.81. The van der Waals surface area contributed by atoms with Crippen LogP contribution < -0.4 is 5.73 Å². The Hall–Kier alpha value is -2.01. The van der Waals surface area contributed by atoms with Gasteiger partial charge in [0.15, 0.2) is 5.75 Å². The Morgan fingerprint density at radius 1 is 0.941 bits per heavy atom. The van der Waals surface area contributed by atoms with Gasteiger partial charge in [-0.25, -0.2) is 8.42 Å². The highest BCUT2D eigenvalue weighted by Gasteiger charge is 2.21. The fourth-order valence-corrected chi connectivity index (χ4v) is 2.88. The van der Waals surface area contributed by atoms with E-state index in [4.69, 9.17) is 5.73 Å². The summed E-state index contributed by atoms with van der Waals surface area (Å²) >= 11 is 0. The van der Waals surface area contributed by atoms with E-state index in [-0.39, 0.29) is 15.5 Å². The summed E-state index contributed by atoms with van der Waals surface area (Å²) in [7, 11) is -3.72. The third-order valence-electron chi connectivity index (χ3n) is 2.37. The number of benzene rings is 2. The second-order valence-electron chi connectivity index (χ2n) is 3.51. The first-order valence-electron chi connectivity index (χ1n) is 4.91. The molecule has 0 unspecified atom stereocenters. The van der Waals surface area contributed by atoms with Crippen molar-refractivity contribution < 1.29 is 13.5 Å². The first-order valence-corrected chi connectivity index (χ1v) is 6.39. The van der Waals surface area contributed by atoms with Crippen molar-refractivity contribution in [3.05, 3.63) is 48.5 Å².